The van der Waals surface area contributed by atoms with Crippen LogP contribution in [-0.4, -0.2) is 28.6 Å². The summed E-state index contributed by atoms with van der Waals surface area (Å²) in [6, 6.07) is 5.38. The van der Waals surface area contributed by atoms with Gasteiger partial charge in [0.15, 0.2) is 0 Å². The fourth-order valence-corrected chi connectivity index (χ4v) is 1.46. The number of nitrogens with one attached hydrogen (secondary N) is 2. The van der Waals surface area contributed by atoms with Gasteiger partial charge in [-0.15, -0.1) is 0 Å². The Hall–Kier alpha value is -2.57. The van der Waals surface area contributed by atoms with Gasteiger partial charge >= 0.3 is 12.0 Å². The van der Waals surface area contributed by atoms with Gasteiger partial charge in [-0.25, -0.2) is 9.59 Å². The number of anilines is 1. The normalized spacial score (nSPS) is 13.1. The van der Waals surface area contributed by atoms with E-state index >= 15 is 0 Å². The molecule has 1 atom stereocenters. The molecule has 0 spiro atoms. The molecule has 0 aliphatic rings. The lowest BCUT2D eigenvalue weighted by molar-refractivity contribution is -0.143. The lowest BCUT2D eigenvalue weighted by atomic mass is 10.00. The Labute approximate surface area is 116 Å². The highest BCUT2D eigenvalue weighted by molar-refractivity contribution is 5.97. The summed E-state index contributed by atoms with van der Waals surface area (Å²) in [6.45, 7) is 3.07. The Morgan fingerprint density at radius 1 is 1.35 bits per heavy atom. The van der Waals surface area contributed by atoms with E-state index in [2.05, 4.69) is 10.6 Å². The number of hydrogen-bond acceptors (Lipinski definition) is 3. The zero-order chi connectivity index (χ0) is 15.3. The number of hydrogen-bond donors (Lipinski definition) is 4. The molecule has 0 saturated heterocycles. The number of carbonyl (C=O) groups is 3. The standard InChI is InChI=1S/C13H17N3O4/c1-3-13(2,11(18)19)16-12(20)15-9-6-4-5-8(7-9)10(14)17/h4-7H,3H2,1-2H3,(H2,14,17)(H,18,19)(H2,15,16,20). The van der Waals surface area contributed by atoms with Crippen molar-refractivity contribution in [3.8, 4) is 0 Å². The summed E-state index contributed by atoms with van der Waals surface area (Å²) in [5, 5.41) is 13.9. The van der Waals surface area contributed by atoms with Crippen LogP contribution in [0.15, 0.2) is 24.3 Å². The molecule has 0 aromatic heterocycles. The summed E-state index contributed by atoms with van der Waals surface area (Å²) in [4.78, 5) is 33.9. The molecule has 108 valence electrons. The van der Waals surface area contributed by atoms with Crippen LogP contribution in [0.2, 0.25) is 0 Å². The van der Waals surface area contributed by atoms with Crippen LogP contribution < -0.4 is 16.4 Å². The second kappa shape index (κ2) is 6.05. The van der Waals surface area contributed by atoms with Crippen LogP contribution in [0.1, 0.15) is 30.6 Å². The molecular formula is C13H17N3O4. The molecule has 1 unspecified atom stereocenters. The maximum Gasteiger partial charge on any atom is 0.329 e. The van der Waals surface area contributed by atoms with E-state index in [1.807, 2.05) is 0 Å². The van der Waals surface area contributed by atoms with Gasteiger partial charge in [0.1, 0.15) is 5.54 Å². The maximum atomic E-state index is 11.8. The van der Waals surface area contributed by atoms with Crippen molar-refractivity contribution in [1.29, 1.82) is 0 Å². The summed E-state index contributed by atoms with van der Waals surface area (Å²) >= 11 is 0. The van der Waals surface area contributed by atoms with E-state index in [0.717, 1.165) is 0 Å². The Morgan fingerprint density at radius 2 is 2.00 bits per heavy atom. The minimum absolute atomic E-state index is 0.233. The quantitative estimate of drug-likeness (QED) is 0.646. The fraction of sp³-hybridized carbons (Fsp3) is 0.308. The number of carboxylic acid groups (broad SMARTS) is 1. The summed E-state index contributed by atoms with van der Waals surface area (Å²) < 4.78 is 0. The van der Waals surface area contributed by atoms with Gasteiger partial charge in [-0.05, 0) is 31.5 Å². The molecule has 1 aromatic carbocycles. The van der Waals surface area contributed by atoms with Crippen molar-refractivity contribution in [2.45, 2.75) is 25.8 Å². The summed E-state index contributed by atoms with van der Waals surface area (Å²) in [5.74, 6) is -1.74. The first-order valence-electron chi connectivity index (χ1n) is 6.01. The van der Waals surface area contributed by atoms with Gasteiger partial charge < -0.3 is 21.5 Å². The molecule has 0 bridgehead atoms. The number of nitrogens with two attached hydrogens (primary N) is 1. The SMILES string of the molecule is CCC(C)(NC(=O)Nc1cccc(C(N)=O)c1)C(=O)O. The van der Waals surface area contributed by atoms with Gasteiger partial charge in [0.05, 0.1) is 0 Å². The van der Waals surface area contributed by atoms with E-state index in [-0.39, 0.29) is 12.0 Å². The summed E-state index contributed by atoms with van der Waals surface area (Å²) in [7, 11) is 0. The van der Waals surface area contributed by atoms with Gasteiger partial charge in [0.25, 0.3) is 0 Å². The van der Waals surface area contributed by atoms with Crippen molar-refractivity contribution in [2.24, 2.45) is 5.73 Å². The number of benzene rings is 1. The topological polar surface area (TPSA) is 122 Å². The number of primary amides is 1. The monoisotopic (exact) mass is 279 g/mol. The maximum absolute atomic E-state index is 11.8. The molecule has 7 heteroatoms. The molecule has 5 N–H and O–H groups in total. The molecule has 1 aromatic rings. The van der Waals surface area contributed by atoms with Crippen LogP contribution in [0, 0.1) is 0 Å². The second-order valence-corrected chi connectivity index (χ2v) is 4.51. The predicted molar refractivity (Wildman–Crippen MR) is 73.4 cm³/mol. The highest BCUT2D eigenvalue weighted by atomic mass is 16.4. The molecule has 0 radical (unpaired) electrons. The second-order valence-electron chi connectivity index (χ2n) is 4.51. The van der Waals surface area contributed by atoms with E-state index in [1.54, 1.807) is 19.1 Å². The third-order valence-electron chi connectivity index (χ3n) is 2.97. The van der Waals surface area contributed by atoms with Gasteiger partial charge in [-0.1, -0.05) is 13.0 Å². The molecular weight excluding hydrogens is 262 g/mol. The van der Waals surface area contributed by atoms with Crippen molar-refractivity contribution in [3.63, 3.8) is 0 Å². The third-order valence-corrected chi connectivity index (χ3v) is 2.97. The van der Waals surface area contributed by atoms with Crippen LogP contribution in [0.4, 0.5) is 10.5 Å². The third kappa shape index (κ3) is 3.71. The lowest BCUT2D eigenvalue weighted by Gasteiger charge is -2.24. The highest BCUT2D eigenvalue weighted by Crippen LogP contribution is 2.12. The Bertz CT molecular complexity index is 544. The van der Waals surface area contributed by atoms with E-state index in [4.69, 9.17) is 10.8 Å². The molecule has 20 heavy (non-hydrogen) atoms. The van der Waals surface area contributed by atoms with Gasteiger partial charge in [0.2, 0.25) is 5.91 Å². The van der Waals surface area contributed by atoms with E-state index in [9.17, 15) is 14.4 Å². The lowest BCUT2D eigenvalue weighted by Crippen LogP contribution is -2.53. The minimum atomic E-state index is -1.36. The molecule has 7 nitrogen and oxygen atoms in total. The predicted octanol–water partition coefficient (Wildman–Crippen LogP) is 1.16. The van der Waals surface area contributed by atoms with E-state index in [1.165, 1.54) is 19.1 Å². The number of carbonyl (C=O) groups excluding carboxylic acids is 2. The van der Waals surface area contributed by atoms with Gasteiger partial charge in [-0.3, -0.25) is 4.79 Å². The van der Waals surface area contributed by atoms with Crippen LogP contribution in [0.25, 0.3) is 0 Å². The first-order chi connectivity index (χ1) is 9.28. The van der Waals surface area contributed by atoms with Crippen LogP contribution in [-0.2, 0) is 4.79 Å². The summed E-state index contributed by atoms with van der Waals surface area (Å²) in [5.41, 5.74) is 4.37. The number of aliphatic carboxylic acids is 1. The Kier molecular flexibility index (Phi) is 4.68. The van der Waals surface area contributed by atoms with Crippen molar-refractivity contribution < 1.29 is 19.5 Å². The average Bonchev–Trinajstić information content (AvgIpc) is 2.38. The zero-order valence-electron chi connectivity index (χ0n) is 11.3. The number of urea groups is 1. The molecule has 0 aliphatic carbocycles. The smallest absolute Gasteiger partial charge is 0.329 e. The van der Waals surface area contributed by atoms with Crippen molar-refractivity contribution in [1.82, 2.24) is 5.32 Å². The molecule has 0 saturated carbocycles. The number of carboxylic acids is 1. The molecule has 0 heterocycles. The fourth-order valence-electron chi connectivity index (χ4n) is 1.46. The number of rotatable bonds is 5. The minimum Gasteiger partial charge on any atom is -0.480 e. The Balaban J connectivity index is 2.79. The summed E-state index contributed by atoms with van der Waals surface area (Å²) in [6.07, 6.45) is 0.233. The number of amides is 3. The molecule has 0 aliphatic heterocycles. The van der Waals surface area contributed by atoms with Crippen LogP contribution >= 0.6 is 0 Å². The van der Waals surface area contributed by atoms with Crippen molar-refractivity contribution >= 4 is 23.6 Å². The first-order valence-corrected chi connectivity index (χ1v) is 6.01. The van der Waals surface area contributed by atoms with E-state index in [0.29, 0.717) is 5.69 Å². The largest absolute Gasteiger partial charge is 0.480 e. The average molecular weight is 279 g/mol. The molecule has 3 amide bonds. The molecule has 1 rings (SSSR count). The highest BCUT2D eigenvalue weighted by Gasteiger charge is 2.32. The van der Waals surface area contributed by atoms with Crippen molar-refractivity contribution in [3.05, 3.63) is 29.8 Å². The van der Waals surface area contributed by atoms with Gasteiger partial charge in [0, 0.05) is 11.3 Å². The van der Waals surface area contributed by atoms with E-state index < -0.39 is 23.4 Å². The van der Waals surface area contributed by atoms with Crippen LogP contribution in [0.5, 0.6) is 0 Å². The molecule has 0 fully saturated rings. The zero-order valence-corrected chi connectivity index (χ0v) is 11.3. The first kappa shape index (κ1) is 15.5. The Morgan fingerprint density at radius 3 is 2.50 bits per heavy atom. The van der Waals surface area contributed by atoms with Crippen LogP contribution in [0.3, 0.4) is 0 Å². The van der Waals surface area contributed by atoms with Gasteiger partial charge in [-0.2, -0.15) is 0 Å². The van der Waals surface area contributed by atoms with Crippen molar-refractivity contribution in [2.75, 3.05) is 5.32 Å².